The van der Waals surface area contributed by atoms with Crippen molar-refractivity contribution in [3.8, 4) is 0 Å². The van der Waals surface area contributed by atoms with Crippen LogP contribution in [0.1, 0.15) is 21.7 Å². The standard InChI is InChI=1S/C14H13N5O3/c1-10-9-13(17-16-10)14(20)18-15-8-2-3-11-4-6-12(7-5-11)19(21)22/h2-9H,1H3,(H,16,17)(H,18,20)/b3-2+,15-8-. The van der Waals surface area contributed by atoms with E-state index in [1.54, 1.807) is 37.3 Å². The summed E-state index contributed by atoms with van der Waals surface area (Å²) in [6.45, 7) is 1.79. The Bertz CT molecular complexity index is 731. The van der Waals surface area contributed by atoms with Crippen molar-refractivity contribution in [2.45, 2.75) is 6.92 Å². The molecule has 0 bridgehead atoms. The van der Waals surface area contributed by atoms with Crippen molar-refractivity contribution >= 4 is 23.9 Å². The number of non-ortho nitro benzene ring substituents is 1. The van der Waals surface area contributed by atoms with Crippen LogP contribution in [0.15, 0.2) is 41.5 Å². The number of carbonyl (C=O) groups excluding carboxylic acids is 1. The molecule has 0 saturated heterocycles. The van der Waals surface area contributed by atoms with E-state index in [2.05, 4.69) is 20.7 Å². The highest BCUT2D eigenvalue weighted by molar-refractivity contribution is 5.92. The highest BCUT2D eigenvalue weighted by Gasteiger charge is 2.06. The molecule has 0 aliphatic heterocycles. The number of nitro benzene ring substituents is 1. The first-order valence-corrected chi connectivity index (χ1v) is 6.33. The number of allylic oxidation sites excluding steroid dienone is 1. The number of rotatable bonds is 5. The van der Waals surface area contributed by atoms with Crippen molar-refractivity contribution < 1.29 is 9.72 Å². The lowest BCUT2D eigenvalue weighted by Gasteiger charge is -1.93. The summed E-state index contributed by atoms with van der Waals surface area (Å²) >= 11 is 0. The Morgan fingerprint density at radius 2 is 2.14 bits per heavy atom. The van der Waals surface area contributed by atoms with Gasteiger partial charge in [0.1, 0.15) is 0 Å². The number of nitrogens with one attached hydrogen (secondary N) is 2. The largest absolute Gasteiger partial charge is 0.291 e. The fraction of sp³-hybridized carbons (Fsp3) is 0.0714. The van der Waals surface area contributed by atoms with E-state index in [0.29, 0.717) is 0 Å². The molecular weight excluding hydrogens is 286 g/mol. The van der Waals surface area contributed by atoms with Gasteiger partial charge in [-0.25, -0.2) is 5.43 Å². The Balaban J connectivity index is 1.86. The van der Waals surface area contributed by atoms with Crippen molar-refractivity contribution in [1.82, 2.24) is 15.6 Å². The van der Waals surface area contributed by atoms with Gasteiger partial charge in [-0.05, 0) is 36.8 Å². The summed E-state index contributed by atoms with van der Waals surface area (Å²) in [5, 5.41) is 20.7. The smallest absolute Gasteiger partial charge is 0.282 e. The summed E-state index contributed by atoms with van der Waals surface area (Å²) < 4.78 is 0. The van der Waals surface area contributed by atoms with Crippen LogP contribution in [0.2, 0.25) is 0 Å². The topological polar surface area (TPSA) is 113 Å². The van der Waals surface area contributed by atoms with Crippen LogP contribution in [0.5, 0.6) is 0 Å². The number of nitro groups is 1. The zero-order valence-electron chi connectivity index (χ0n) is 11.7. The predicted molar refractivity (Wildman–Crippen MR) is 81.4 cm³/mol. The lowest BCUT2D eigenvalue weighted by molar-refractivity contribution is -0.384. The molecule has 0 fully saturated rings. The molecule has 0 aliphatic carbocycles. The highest BCUT2D eigenvalue weighted by atomic mass is 16.6. The number of nitrogens with zero attached hydrogens (tertiary/aromatic N) is 3. The minimum absolute atomic E-state index is 0.0346. The molecule has 112 valence electrons. The number of aromatic amines is 1. The lowest BCUT2D eigenvalue weighted by Crippen LogP contribution is -2.17. The summed E-state index contributed by atoms with van der Waals surface area (Å²) in [6, 6.07) is 7.68. The summed E-state index contributed by atoms with van der Waals surface area (Å²) in [5.74, 6) is -0.413. The monoisotopic (exact) mass is 299 g/mol. The molecule has 2 rings (SSSR count). The molecule has 1 heterocycles. The molecule has 2 N–H and O–H groups in total. The maximum atomic E-state index is 11.6. The molecule has 0 radical (unpaired) electrons. The number of benzene rings is 1. The molecule has 0 spiro atoms. The van der Waals surface area contributed by atoms with E-state index in [0.717, 1.165) is 11.3 Å². The Morgan fingerprint density at radius 1 is 1.41 bits per heavy atom. The van der Waals surface area contributed by atoms with Crippen molar-refractivity contribution in [3.63, 3.8) is 0 Å². The summed E-state index contributed by atoms with van der Waals surface area (Å²) in [5.41, 5.74) is 4.19. The highest BCUT2D eigenvalue weighted by Crippen LogP contribution is 2.12. The second-order valence-electron chi connectivity index (χ2n) is 4.36. The van der Waals surface area contributed by atoms with Gasteiger partial charge >= 0.3 is 0 Å². The molecule has 8 nitrogen and oxygen atoms in total. The van der Waals surface area contributed by atoms with Crippen LogP contribution in [0.4, 0.5) is 5.69 Å². The van der Waals surface area contributed by atoms with Gasteiger partial charge in [-0.3, -0.25) is 20.0 Å². The van der Waals surface area contributed by atoms with Gasteiger partial charge < -0.3 is 0 Å². The Hall–Kier alpha value is -3.29. The normalized spacial score (nSPS) is 11.1. The average molecular weight is 299 g/mol. The fourth-order valence-electron chi connectivity index (χ4n) is 1.59. The first-order chi connectivity index (χ1) is 10.6. The number of aryl methyl sites for hydroxylation is 1. The average Bonchev–Trinajstić information content (AvgIpc) is 2.94. The van der Waals surface area contributed by atoms with Crippen LogP contribution in [0, 0.1) is 17.0 Å². The van der Waals surface area contributed by atoms with E-state index in [1.807, 2.05) is 0 Å². The SMILES string of the molecule is Cc1cc(C(=O)N/N=C\C=C\c2ccc([N+](=O)[O-])cc2)n[nH]1. The summed E-state index contributed by atoms with van der Waals surface area (Å²) in [4.78, 5) is 21.7. The number of hydrazone groups is 1. The van der Waals surface area contributed by atoms with Crippen molar-refractivity contribution in [2.75, 3.05) is 0 Å². The third-order valence-electron chi connectivity index (χ3n) is 2.66. The Labute approximate surface area is 125 Å². The van der Waals surface area contributed by atoms with Gasteiger partial charge in [-0.1, -0.05) is 6.08 Å². The van der Waals surface area contributed by atoms with Crippen molar-refractivity contribution in [1.29, 1.82) is 0 Å². The first kappa shape index (κ1) is 15.1. The van der Waals surface area contributed by atoms with Gasteiger partial charge in [-0.2, -0.15) is 10.2 Å². The van der Waals surface area contributed by atoms with Gasteiger partial charge in [0.2, 0.25) is 0 Å². The number of H-pyrrole nitrogens is 1. The fourth-order valence-corrected chi connectivity index (χ4v) is 1.59. The maximum Gasteiger partial charge on any atom is 0.291 e. The van der Waals surface area contributed by atoms with E-state index < -0.39 is 10.8 Å². The third-order valence-corrected chi connectivity index (χ3v) is 2.66. The lowest BCUT2D eigenvalue weighted by atomic mass is 10.2. The molecule has 1 aromatic carbocycles. The van der Waals surface area contributed by atoms with Crippen LogP contribution in [-0.2, 0) is 0 Å². The van der Waals surface area contributed by atoms with Gasteiger partial charge in [0.15, 0.2) is 5.69 Å². The van der Waals surface area contributed by atoms with E-state index in [9.17, 15) is 14.9 Å². The van der Waals surface area contributed by atoms with E-state index >= 15 is 0 Å². The molecule has 8 heteroatoms. The minimum atomic E-state index is -0.457. The van der Waals surface area contributed by atoms with E-state index in [-0.39, 0.29) is 11.4 Å². The quantitative estimate of drug-likeness (QED) is 0.499. The van der Waals surface area contributed by atoms with Gasteiger partial charge in [0.25, 0.3) is 11.6 Å². The second kappa shape index (κ2) is 6.93. The van der Waals surface area contributed by atoms with Crippen LogP contribution >= 0.6 is 0 Å². The van der Waals surface area contributed by atoms with Crippen LogP contribution in [-0.4, -0.2) is 27.2 Å². The maximum absolute atomic E-state index is 11.6. The molecule has 1 amide bonds. The van der Waals surface area contributed by atoms with Crippen LogP contribution in [0.25, 0.3) is 6.08 Å². The third kappa shape index (κ3) is 4.10. The molecule has 1 aromatic heterocycles. The van der Waals surface area contributed by atoms with Gasteiger partial charge in [0, 0.05) is 24.0 Å². The molecule has 0 saturated carbocycles. The van der Waals surface area contributed by atoms with Crippen molar-refractivity contribution in [2.24, 2.45) is 5.10 Å². The molecular formula is C14H13N5O3. The zero-order valence-corrected chi connectivity index (χ0v) is 11.7. The van der Waals surface area contributed by atoms with E-state index in [4.69, 9.17) is 0 Å². The molecule has 0 atom stereocenters. The Morgan fingerprint density at radius 3 is 2.73 bits per heavy atom. The number of aromatic nitrogens is 2. The number of amides is 1. The van der Waals surface area contributed by atoms with Crippen LogP contribution < -0.4 is 5.43 Å². The molecule has 0 unspecified atom stereocenters. The summed E-state index contributed by atoms with van der Waals surface area (Å²) in [6.07, 6.45) is 4.72. The molecule has 2 aromatic rings. The predicted octanol–water partition coefficient (Wildman–Crippen LogP) is 2.06. The Kier molecular flexibility index (Phi) is 4.76. The van der Waals surface area contributed by atoms with Gasteiger partial charge in [0.05, 0.1) is 4.92 Å². The summed E-state index contributed by atoms with van der Waals surface area (Å²) in [7, 11) is 0. The zero-order chi connectivity index (χ0) is 15.9. The minimum Gasteiger partial charge on any atom is -0.282 e. The molecule has 22 heavy (non-hydrogen) atoms. The molecule has 0 aliphatic rings. The second-order valence-corrected chi connectivity index (χ2v) is 4.36. The number of hydrogen-bond donors (Lipinski definition) is 2. The number of hydrogen-bond acceptors (Lipinski definition) is 5. The van der Waals surface area contributed by atoms with Crippen LogP contribution in [0.3, 0.4) is 0 Å². The first-order valence-electron chi connectivity index (χ1n) is 6.33. The van der Waals surface area contributed by atoms with E-state index in [1.165, 1.54) is 18.3 Å². The van der Waals surface area contributed by atoms with Gasteiger partial charge in [-0.15, -0.1) is 0 Å². The number of carbonyl (C=O) groups is 1. The van der Waals surface area contributed by atoms with Crippen molar-refractivity contribution in [3.05, 3.63) is 63.5 Å².